The van der Waals surface area contributed by atoms with Crippen LogP contribution in [0.1, 0.15) is 31.5 Å². The summed E-state index contributed by atoms with van der Waals surface area (Å²) in [5.41, 5.74) is 2.34. The van der Waals surface area contributed by atoms with E-state index in [2.05, 4.69) is 20.5 Å². The highest BCUT2D eigenvalue weighted by atomic mass is 16.2. The Kier molecular flexibility index (Phi) is 2.69. The fourth-order valence-corrected chi connectivity index (χ4v) is 4.24. The van der Waals surface area contributed by atoms with Gasteiger partial charge in [0.25, 0.3) is 0 Å². The van der Waals surface area contributed by atoms with E-state index in [0.717, 1.165) is 56.6 Å². The molecule has 2 aromatic heterocycles. The number of likely N-dealkylation sites (tertiary alicyclic amines) is 1. The molecule has 2 aliphatic heterocycles. The smallest absolute Gasteiger partial charge is 0.225 e. The van der Waals surface area contributed by atoms with E-state index < -0.39 is 0 Å². The van der Waals surface area contributed by atoms with E-state index in [1.165, 1.54) is 5.82 Å². The van der Waals surface area contributed by atoms with Crippen LogP contribution < -0.4 is 0 Å². The summed E-state index contributed by atoms with van der Waals surface area (Å²) >= 11 is 0. The molecule has 0 unspecified atom stereocenters. The summed E-state index contributed by atoms with van der Waals surface area (Å²) in [5.74, 6) is 1.86. The molecule has 1 atom stereocenters. The minimum absolute atomic E-state index is 0.0744. The van der Waals surface area contributed by atoms with Crippen molar-refractivity contribution < 1.29 is 4.79 Å². The van der Waals surface area contributed by atoms with Crippen LogP contribution in [0.15, 0.2) is 30.7 Å². The van der Waals surface area contributed by atoms with Crippen LogP contribution in [0, 0.1) is 5.92 Å². The molecule has 5 nitrogen and oxygen atoms in total. The summed E-state index contributed by atoms with van der Waals surface area (Å²) in [5, 5.41) is 0. The molecule has 0 radical (unpaired) electrons. The molecule has 2 aromatic rings. The van der Waals surface area contributed by atoms with Gasteiger partial charge in [-0.3, -0.25) is 9.78 Å². The Morgan fingerprint density at radius 3 is 2.87 bits per heavy atom. The Morgan fingerprint density at radius 2 is 2.09 bits per heavy atom. The predicted octanol–water partition coefficient (Wildman–Crippen LogP) is 2.23. The predicted molar refractivity (Wildman–Crippen MR) is 85.7 cm³/mol. The maximum atomic E-state index is 12.4. The number of carbonyl (C=O) groups is 1. The van der Waals surface area contributed by atoms with Gasteiger partial charge in [0.15, 0.2) is 0 Å². The van der Waals surface area contributed by atoms with Crippen LogP contribution >= 0.6 is 0 Å². The second kappa shape index (κ2) is 4.66. The normalized spacial score (nSPS) is 26.0. The topological polar surface area (TPSA) is 51.0 Å². The molecule has 5 heteroatoms. The van der Waals surface area contributed by atoms with Gasteiger partial charge < -0.3 is 9.47 Å². The standard InChI is InChI=1S/C18H20N4O/c23-16(13-3-4-13)21-8-5-18(12-21)6-9-22-15(11-20-17(18)22)14-2-1-7-19-10-14/h1-2,7,10-11,13H,3-6,8-9,12H2/t18-/m1/s1. The molecule has 0 N–H and O–H groups in total. The average molecular weight is 308 g/mol. The molecule has 23 heavy (non-hydrogen) atoms. The van der Waals surface area contributed by atoms with E-state index in [0.29, 0.717) is 11.8 Å². The summed E-state index contributed by atoms with van der Waals surface area (Å²) in [6.45, 7) is 2.74. The Balaban J connectivity index is 1.46. The number of rotatable bonds is 2. The second-order valence-electron chi connectivity index (χ2n) is 7.17. The third-order valence-corrected chi connectivity index (χ3v) is 5.69. The molecule has 0 bridgehead atoms. The lowest BCUT2D eigenvalue weighted by Gasteiger charge is -2.22. The van der Waals surface area contributed by atoms with Gasteiger partial charge in [0.05, 0.1) is 11.9 Å². The highest BCUT2D eigenvalue weighted by molar-refractivity contribution is 5.81. The van der Waals surface area contributed by atoms with Crippen molar-refractivity contribution in [2.75, 3.05) is 13.1 Å². The maximum absolute atomic E-state index is 12.4. The highest BCUT2D eigenvalue weighted by Crippen LogP contribution is 2.45. The van der Waals surface area contributed by atoms with Crippen LogP contribution in [0.2, 0.25) is 0 Å². The van der Waals surface area contributed by atoms with Crippen LogP contribution in [0.25, 0.3) is 11.3 Å². The quantitative estimate of drug-likeness (QED) is 0.855. The summed E-state index contributed by atoms with van der Waals surface area (Å²) in [7, 11) is 0. The van der Waals surface area contributed by atoms with Crippen molar-refractivity contribution in [1.29, 1.82) is 0 Å². The molecule has 118 valence electrons. The van der Waals surface area contributed by atoms with E-state index in [-0.39, 0.29) is 5.41 Å². The molecule has 1 amide bonds. The fraction of sp³-hybridized carbons (Fsp3) is 0.500. The van der Waals surface area contributed by atoms with Gasteiger partial charge in [-0.2, -0.15) is 0 Å². The van der Waals surface area contributed by atoms with E-state index in [4.69, 9.17) is 4.98 Å². The van der Waals surface area contributed by atoms with Gasteiger partial charge in [0.2, 0.25) is 5.91 Å². The van der Waals surface area contributed by atoms with Gasteiger partial charge >= 0.3 is 0 Å². The highest BCUT2D eigenvalue weighted by Gasteiger charge is 2.49. The zero-order valence-electron chi connectivity index (χ0n) is 13.1. The third-order valence-electron chi connectivity index (χ3n) is 5.69. The molecule has 5 rings (SSSR count). The third kappa shape index (κ3) is 1.95. The van der Waals surface area contributed by atoms with Crippen molar-refractivity contribution in [2.24, 2.45) is 5.92 Å². The van der Waals surface area contributed by atoms with Gasteiger partial charge in [-0.15, -0.1) is 0 Å². The molecule has 1 saturated carbocycles. The minimum atomic E-state index is 0.0744. The number of fused-ring (bicyclic) bond motifs is 2. The van der Waals surface area contributed by atoms with Gasteiger partial charge in [-0.05, 0) is 37.8 Å². The number of carbonyl (C=O) groups excluding carboxylic acids is 1. The number of nitrogens with zero attached hydrogens (tertiary/aromatic N) is 4. The van der Waals surface area contributed by atoms with E-state index in [1.807, 2.05) is 18.5 Å². The lowest BCUT2D eigenvalue weighted by Crippen LogP contribution is -2.34. The first-order valence-electron chi connectivity index (χ1n) is 8.52. The van der Waals surface area contributed by atoms with Crippen LogP contribution in [0.5, 0.6) is 0 Å². The van der Waals surface area contributed by atoms with Crippen LogP contribution in [0.4, 0.5) is 0 Å². The van der Waals surface area contributed by atoms with Crippen LogP contribution in [-0.2, 0) is 16.8 Å². The maximum Gasteiger partial charge on any atom is 0.225 e. The van der Waals surface area contributed by atoms with Crippen LogP contribution in [0.3, 0.4) is 0 Å². The van der Waals surface area contributed by atoms with Gasteiger partial charge in [0, 0.05) is 48.9 Å². The first-order valence-corrected chi connectivity index (χ1v) is 8.52. The van der Waals surface area contributed by atoms with Crippen molar-refractivity contribution >= 4 is 5.91 Å². The molecular weight excluding hydrogens is 288 g/mol. The molecule has 1 saturated heterocycles. The number of pyridine rings is 1. The Hall–Kier alpha value is -2.17. The first kappa shape index (κ1) is 13.3. The zero-order valence-corrected chi connectivity index (χ0v) is 13.1. The summed E-state index contributed by atoms with van der Waals surface area (Å²) in [6.07, 6.45) is 9.98. The monoisotopic (exact) mass is 308 g/mol. The number of amides is 1. The summed E-state index contributed by atoms with van der Waals surface area (Å²) in [6, 6.07) is 4.05. The van der Waals surface area contributed by atoms with Crippen LogP contribution in [-0.4, -0.2) is 38.4 Å². The Bertz CT molecular complexity index is 765. The molecule has 2 fully saturated rings. The Labute approximate surface area is 135 Å². The Morgan fingerprint density at radius 1 is 1.22 bits per heavy atom. The summed E-state index contributed by atoms with van der Waals surface area (Å²) in [4.78, 5) is 23.4. The number of imidazole rings is 1. The number of aromatic nitrogens is 3. The largest absolute Gasteiger partial charge is 0.341 e. The SMILES string of the molecule is O=C(C1CC1)N1CC[C@@]2(CCn3c(-c4cccnc4)cnc32)C1. The van der Waals surface area contributed by atoms with E-state index in [1.54, 1.807) is 6.20 Å². The van der Waals surface area contributed by atoms with E-state index in [9.17, 15) is 4.79 Å². The van der Waals surface area contributed by atoms with Gasteiger partial charge in [-0.25, -0.2) is 4.98 Å². The lowest BCUT2D eigenvalue weighted by molar-refractivity contribution is -0.131. The summed E-state index contributed by atoms with van der Waals surface area (Å²) < 4.78 is 2.34. The van der Waals surface area contributed by atoms with Crippen molar-refractivity contribution in [3.05, 3.63) is 36.5 Å². The number of hydrogen-bond acceptors (Lipinski definition) is 3. The lowest BCUT2D eigenvalue weighted by atomic mass is 9.85. The van der Waals surface area contributed by atoms with Crippen molar-refractivity contribution in [3.63, 3.8) is 0 Å². The molecular formula is C18H20N4O. The van der Waals surface area contributed by atoms with Crippen molar-refractivity contribution in [2.45, 2.75) is 37.6 Å². The van der Waals surface area contributed by atoms with E-state index >= 15 is 0 Å². The molecule has 1 aliphatic carbocycles. The average Bonchev–Trinajstić information content (AvgIpc) is 3.06. The molecule has 1 spiro atoms. The second-order valence-corrected chi connectivity index (χ2v) is 7.17. The molecule has 0 aromatic carbocycles. The molecule has 4 heterocycles. The fourth-order valence-electron chi connectivity index (χ4n) is 4.24. The minimum Gasteiger partial charge on any atom is -0.341 e. The first-order chi connectivity index (χ1) is 11.3. The van der Waals surface area contributed by atoms with Gasteiger partial charge in [0.1, 0.15) is 5.82 Å². The zero-order chi connectivity index (χ0) is 15.4. The van der Waals surface area contributed by atoms with Gasteiger partial charge in [-0.1, -0.05) is 0 Å². The van der Waals surface area contributed by atoms with Crippen molar-refractivity contribution in [3.8, 4) is 11.3 Å². The van der Waals surface area contributed by atoms with Crippen molar-refractivity contribution in [1.82, 2.24) is 19.4 Å². The molecule has 3 aliphatic rings. The number of hydrogen-bond donors (Lipinski definition) is 0.